The first-order chi connectivity index (χ1) is 16.1. The fraction of sp³-hybridized carbons (Fsp3) is 0.667. The van der Waals surface area contributed by atoms with Gasteiger partial charge in [-0.25, -0.2) is 4.79 Å². The van der Waals surface area contributed by atoms with Gasteiger partial charge in [0.2, 0.25) is 11.8 Å². The number of rotatable bonds is 10. The molecule has 0 saturated carbocycles. The molecule has 2 atom stereocenters. The molecule has 0 aromatic heterocycles. The lowest BCUT2D eigenvalue weighted by Gasteiger charge is -2.36. The number of benzene rings is 1. The molecule has 8 heteroatoms. The Bertz CT molecular complexity index is 871. The van der Waals surface area contributed by atoms with Gasteiger partial charge < -0.3 is 25.4 Å². The van der Waals surface area contributed by atoms with Crippen LogP contribution in [0.3, 0.4) is 0 Å². The Labute approximate surface area is 210 Å². The van der Waals surface area contributed by atoms with Crippen LogP contribution in [0.1, 0.15) is 90.5 Å². The Morgan fingerprint density at radius 1 is 1.06 bits per heavy atom. The van der Waals surface area contributed by atoms with E-state index in [2.05, 4.69) is 17.6 Å². The van der Waals surface area contributed by atoms with Gasteiger partial charge >= 0.3 is 6.09 Å². The second-order valence-corrected chi connectivity index (χ2v) is 11.1. The standard InChI is InChI=1S/C27H45N3O5/c1-10-11-12-16-30(24(33)21(17-31)28-25(34)35-27(7,8)9)22(23(32)29-26(4,5)6)20-15-13-14-18(2)19(20)3/h13-15,21-22,31H,10-12,16-17H2,1-9H3,(H,28,34)(H,29,32). The average Bonchev–Trinajstić information content (AvgIpc) is 2.71. The highest BCUT2D eigenvalue weighted by Crippen LogP contribution is 2.28. The zero-order valence-electron chi connectivity index (χ0n) is 22.9. The Hall–Kier alpha value is -2.61. The first kappa shape index (κ1) is 30.4. The monoisotopic (exact) mass is 491 g/mol. The van der Waals surface area contributed by atoms with Crippen molar-refractivity contribution in [2.45, 2.75) is 105 Å². The molecule has 1 aromatic carbocycles. The molecule has 0 heterocycles. The minimum absolute atomic E-state index is 0.300. The van der Waals surface area contributed by atoms with Crippen LogP contribution < -0.4 is 10.6 Å². The van der Waals surface area contributed by atoms with E-state index in [4.69, 9.17) is 4.74 Å². The van der Waals surface area contributed by atoms with Gasteiger partial charge in [-0.2, -0.15) is 0 Å². The van der Waals surface area contributed by atoms with E-state index >= 15 is 0 Å². The number of aliphatic hydroxyl groups excluding tert-OH is 1. The van der Waals surface area contributed by atoms with Crippen molar-refractivity contribution in [1.82, 2.24) is 15.5 Å². The topological polar surface area (TPSA) is 108 Å². The zero-order valence-corrected chi connectivity index (χ0v) is 22.9. The molecule has 0 aliphatic heterocycles. The number of alkyl carbamates (subject to hydrolysis) is 1. The van der Waals surface area contributed by atoms with E-state index in [0.29, 0.717) is 18.5 Å². The minimum Gasteiger partial charge on any atom is -0.444 e. The summed E-state index contributed by atoms with van der Waals surface area (Å²) < 4.78 is 5.28. The molecule has 0 bridgehead atoms. The molecule has 3 N–H and O–H groups in total. The fourth-order valence-electron chi connectivity index (χ4n) is 3.69. The van der Waals surface area contributed by atoms with E-state index in [0.717, 1.165) is 24.0 Å². The van der Waals surface area contributed by atoms with Crippen molar-refractivity contribution in [3.63, 3.8) is 0 Å². The SMILES string of the molecule is CCCCCN(C(=O)C(CO)NC(=O)OC(C)(C)C)C(C(=O)NC(C)(C)C)c1cccc(C)c1C. The lowest BCUT2D eigenvalue weighted by Crippen LogP contribution is -2.56. The third kappa shape index (κ3) is 9.88. The van der Waals surface area contributed by atoms with Crippen LogP contribution in [0.15, 0.2) is 18.2 Å². The molecular weight excluding hydrogens is 446 g/mol. The number of ether oxygens (including phenoxy) is 1. The van der Waals surface area contributed by atoms with Crippen LogP contribution in [0.4, 0.5) is 4.79 Å². The molecule has 35 heavy (non-hydrogen) atoms. The van der Waals surface area contributed by atoms with Crippen LogP contribution in [-0.4, -0.2) is 58.2 Å². The number of nitrogens with zero attached hydrogens (tertiary/aromatic N) is 1. The van der Waals surface area contributed by atoms with E-state index < -0.39 is 41.8 Å². The number of carbonyl (C=O) groups is 3. The van der Waals surface area contributed by atoms with Gasteiger partial charge in [-0.05, 0) is 78.5 Å². The number of amides is 3. The molecule has 0 radical (unpaired) electrons. The second kappa shape index (κ2) is 12.9. The summed E-state index contributed by atoms with van der Waals surface area (Å²) in [5.41, 5.74) is 1.35. The molecule has 0 aliphatic carbocycles. The number of aryl methyl sites for hydroxylation is 1. The second-order valence-electron chi connectivity index (χ2n) is 11.1. The van der Waals surface area contributed by atoms with Gasteiger partial charge in [-0.15, -0.1) is 0 Å². The predicted octanol–water partition coefficient (Wildman–Crippen LogP) is 4.16. The molecule has 0 aliphatic rings. The fourth-order valence-corrected chi connectivity index (χ4v) is 3.69. The molecule has 8 nitrogen and oxygen atoms in total. The van der Waals surface area contributed by atoms with E-state index in [1.807, 2.05) is 52.8 Å². The van der Waals surface area contributed by atoms with E-state index in [1.54, 1.807) is 20.8 Å². The highest BCUT2D eigenvalue weighted by atomic mass is 16.6. The first-order valence-corrected chi connectivity index (χ1v) is 12.4. The van der Waals surface area contributed by atoms with Crippen molar-refractivity contribution in [2.24, 2.45) is 0 Å². The van der Waals surface area contributed by atoms with Gasteiger partial charge in [0.15, 0.2) is 0 Å². The highest BCUT2D eigenvalue weighted by Gasteiger charge is 2.37. The normalized spacial score (nSPS) is 13.5. The summed E-state index contributed by atoms with van der Waals surface area (Å²) in [6.07, 6.45) is 1.68. The number of unbranched alkanes of at least 4 members (excludes halogenated alkanes) is 2. The van der Waals surface area contributed by atoms with Crippen LogP contribution in [0.2, 0.25) is 0 Å². The van der Waals surface area contributed by atoms with Crippen molar-refractivity contribution in [1.29, 1.82) is 0 Å². The summed E-state index contributed by atoms with van der Waals surface area (Å²) in [5.74, 6) is -0.852. The van der Waals surface area contributed by atoms with Gasteiger partial charge in [0.25, 0.3) is 0 Å². The summed E-state index contributed by atoms with van der Waals surface area (Å²) in [7, 11) is 0. The van der Waals surface area contributed by atoms with E-state index in [9.17, 15) is 19.5 Å². The summed E-state index contributed by atoms with van der Waals surface area (Å²) in [6, 6.07) is 3.51. The number of aliphatic hydroxyl groups is 1. The zero-order chi connectivity index (χ0) is 27.0. The molecule has 0 fully saturated rings. The first-order valence-electron chi connectivity index (χ1n) is 12.4. The van der Waals surface area contributed by atoms with Crippen LogP contribution in [0.25, 0.3) is 0 Å². The van der Waals surface area contributed by atoms with Crippen LogP contribution in [0.5, 0.6) is 0 Å². The van der Waals surface area contributed by atoms with Gasteiger partial charge in [-0.3, -0.25) is 9.59 Å². The molecule has 198 valence electrons. The Morgan fingerprint density at radius 2 is 1.69 bits per heavy atom. The minimum atomic E-state index is -1.25. The van der Waals surface area contributed by atoms with Crippen molar-refractivity contribution >= 4 is 17.9 Å². The summed E-state index contributed by atoms with van der Waals surface area (Å²) in [6.45, 7) is 16.4. The van der Waals surface area contributed by atoms with E-state index in [1.165, 1.54) is 4.90 Å². The average molecular weight is 492 g/mol. The van der Waals surface area contributed by atoms with Crippen molar-refractivity contribution < 1.29 is 24.2 Å². The van der Waals surface area contributed by atoms with E-state index in [-0.39, 0.29) is 5.91 Å². The highest BCUT2D eigenvalue weighted by molar-refractivity contribution is 5.92. The molecule has 2 unspecified atom stereocenters. The van der Waals surface area contributed by atoms with Crippen LogP contribution >= 0.6 is 0 Å². The third-order valence-corrected chi connectivity index (χ3v) is 5.46. The van der Waals surface area contributed by atoms with Crippen LogP contribution in [0, 0.1) is 13.8 Å². The molecule has 0 saturated heterocycles. The number of hydrogen-bond acceptors (Lipinski definition) is 5. The van der Waals surface area contributed by atoms with Crippen molar-refractivity contribution in [2.75, 3.05) is 13.2 Å². The van der Waals surface area contributed by atoms with Gasteiger partial charge in [0.05, 0.1) is 6.61 Å². The maximum absolute atomic E-state index is 13.8. The summed E-state index contributed by atoms with van der Waals surface area (Å²) >= 11 is 0. The molecule has 0 spiro atoms. The third-order valence-electron chi connectivity index (χ3n) is 5.46. The molecule has 3 amide bonds. The Morgan fingerprint density at radius 3 is 2.20 bits per heavy atom. The number of carbonyl (C=O) groups excluding carboxylic acids is 3. The van der Waals surface area contributed by atoms with Crippen molar-refractivity contribution in [3.05, 3.63) is 34.9 Å². The maximum atomic E-state index is 13.8. The smallest absolute Gasteiger partial charge is 0.408 e. The summed E-state index contributed by atoms with van der Waals surface area (Å²) in [4.78, 5) is 41.3. The quantitative estimate of drug-likeness (QED) is 0.426. The molecular formula is C27H45N3O5. The largest absolute Gasteiger partial charge is 0.444 e. The van der Waals surface area contributed by atoms with Gasteiger partial charge in [0, 0.05) is 12.1 Å². The summed E-state index contributed by atoms with van der Waals surface area (Å²) in [5, 5.41) is 15.5. The molecule has 1 aromatic rings. The molecule has 1 rings (SSSR count). The van der Waals surface area contributed by atoms with Gasteiger partial charge in [0.1, 0.15) is 17.7 Å². The van der Waals surface area contributed by atoms with Gasteiger partial charge in [-0.1, -0.05) is 38.0 Å². The van der Waals surface area contributed by atoms with Crippen LogP contribution in [-0.2, 0) is 14.3 Å². The number of nitrogens with one attached hydrogen (secondary N) is 2. The van der Waals surface area contributed by atoms with Crippen molar-refractivity contribution in [3.8, 4) is 0 Å². The Kier molecular flexibility index (Phi) is 11.2. The lowest BCUT2D eigenvalue weighted by atomic mass is 9.94. The predicted molar refractivity (Wildman–Crippen MR) is 138 cm³/mol. The Balaban J connectivity index is 3.50. The maximum Gasteiger partial charge on any atom is 0.408 e. The lowest BCUT2D eigenvalue weighted by molar-refractivity contribution is -0.144. The number of hydrogen-bond donors (Lipinski definition) is 3.